The lowest BCUT2D eigenvalue weighted by molar-refractivity contribution is 0.580. The third kappa shape index (κ3) is 1.99. The minimum atomic E-state index is 0.570. The minimum absolute atomic E-state index is 0.570. The summed E-state index contributed by atoms with van der Waals surface area (Å²) in [5.74, 6) is 1.98. The number of hydrogen-bond donors (Lipinski definition) is 0. The maximum atomic E-state index is 5.45. The second kappa shape index (κ2) is 4.56. The number of fused-ring (bicyclic) bond motifs is 1. The fourth-order valence-electron chi connectivity index (χ4n) is 2.33. The molecule has 0 atom stereocenters. The van der Waals surface area contributed by atoms with Crippen LogP contribution in [0.1, 0.15) is 5.82 Å². The van der Waals surface area contributed by atoms with Crippen LogP contribution in [0.15, 0.2) is 59.2 Å². The summed E-state index contributed by atoms with van der Waals surface area (Å²) in [6, 6.07) is 15.8. The Labute approximate surface area is 120 Å². The van der Waals surface area contributed by atoms with Crippen LogP contribution < -0.4 is 0 Å². The molecule has 102 valence electrons. The molecule has 0 unspecified atom stereocenters. The maximum absolute atomic E-state index is 5.45. The summed E-state index contributed by atoms with van der Waals surface area (Å²) < 4.78 is 7.21. The van der Waals surface area contributed by atoms with Gasteiger partial charge in [0.2, 0.25) is 0 Å². The first-order valence-corrected chi connectivity index (χ1v) is 6.65. The summed E-state index contributed by atoms with van der Waals surface area (Å²) in [4.78, 5) is 8.89. The zero-order chi connectivity index (χ0) is 14.2. The van der Waals surface area contributed by atoms with Crippen LogP contribution >= 0.6 is 0 Å². The van der Waals surface area contributed by atoms with Crippen LogP contribution in [-0.4, -0.2) is 19.6 Å². The van der Waals surface area contributed by atoms with Crippen molar-refractivity contribution in [1.82, 2.24) is 19.6 Å². The fourth-order valence-corrected chi connectivity index (χ4v) is 2.33. The molecule has 0 spiro atoms. The van der Waals surface area contributed by atoms with Crippen LogP contribution in [0, 0.1) is 6.92 Å². The summed E-state index contributed by atoms with van der Waals surface area (Å²) in [6.07, 6.45) is 1.64. The van der Waals surface area contributed by atoms with E-state index in [0.29, 0.717) is 11.6 Å². The molecule has 5 nitrogen and oxygen atoms in total. The van der Waals surface area contributed by atoms with Crippen LogP contribution in [0.2, 0.25) is 0 Å². The Morgan fingerprint density at radius 2 is 1.86 bits per heavy atom. The predicted molar refractivity (Wildman–Crippen MR) is 78.7 cm³/mol. The second-order valence-electron chi connectivity index (χ2n) is 4.74. The van der Waals surface area contributed by atoms with E-state index in [1.807, 2.05) is 55.5 Å². The van der Waals surface area contributed by atoms with Crippen LogP contribution in [0.25, 0.3) is 28.5 Å². The normalized spacial score (nSPS) is 11.1. The van der Waals surface area contributed by atoms with E-state index in [0.717, 1.165) is 22.7 Å². The van der Waals surface area contributed by atoms with E-state index >= 15 is 0 Å². The van der Waals surface area contributed by atoms with Gasteiger partial charge in [-0.05, 0) is 25.1 Å². The van der Waals surface area contributed by atoms with Crippen molar-refractivity contribution >= 4 is 5.78 Å². The first-order valence-electron chi connectivity index (χ1n) is 6.65. The Bertz CT molecular complexity index is 895. The molecule has 1 aromatic carbocycles. The van der Waals surface area contributed by atoms with Crippen molar-refractivity contribution in [2.45, 2.75) is 6.92 Å². The highest BCUT2D eigenvalue weighted by Crippen LogP contribution is 2.25. The molecular weight excluding hydrogens is 264 g/mol. The third-order valence-electron chi connectivity index (χ3n) is 3.26. The summed E-state index contributed by atoms with van der Waals surface area (Å²) >= 11 is 0. The number of aromatic nitrogens is 4. The van der Waals surface area contributed by atoms with Gasteiger partial charge in [0.15, 0.2) is 5.76 Å². The summed E-state index contributed by atoms with van der Waals surface area (Å²) in [6.45, 7) is 1.86. The molecule has 0 radical (unpaired) electrons. The van der Waals surface area contributed by atoms with Crippen molar-refractivity contribution in [2.75, 3.05) is 0 Å². The van der Waals surface area contributed by atoms with Gasteiger partial charge in [0, 0.05) is 5.56 Å². The van der Waals surface area contributed by atoms with E-state index < -0.39 is 0 Å². The van der Waals surface area contributed by atoms with E-state index in [1.54, 1.807) is 10.8 Å². The standard InChI is InChI=1S/C16H12N4O/c1-11-17-16-18-13(15-8-5-9-21-15)10-14(20(16)19-11)12-6-3-2-4-7-12/h2-10H,1H3. The summed E-state index contributed by atoms with van der Waals surface area (Å²) in [5, 5.41) is 4.42. The van der Waals surface area contributed by atoms with Crippen LogP contribution in [0.5, 0.6) is 0 Å². The van der Waals surface area contributed by atoms with Crippen LogP contribution in [0.3, 0.4) is 0 Å². The van der Waals surface area contributed by atoms with E-state index in [1.165, 1.54) is 0 Å². The van der Waals surface area contributed by atoms with Gasteiger partial charge in [-0.2, -0.15) is 9.50 Å². The molecule has 0 bridgehead atoms. The number of furan rings is 1. The lowest BCUT2D eigenvalue weighted by Crippen LogP contribution is -1.98. The van der Waals surface area contributed by atoms with Crippen molar-refractivity contribution in [2.24, 2.45) is 0 Å². The minimum Gasteiger partial charge on any atom is -0.463 e. The van der Waals surface area contributed by atoms with E-state index in [2.05, 4.69) is 15.1 Å². The Hall–Kier alpha value is -2.95. The average molecular weight is 276 g/mol. The monoisotopic (exact) mass is 276 g/mol. The Balaban J connectivity index is 2.03. The molecule has 4 rings (SSSR count). The van der Waals surface area contributed by atoms with Gasteiger partial charge < -0.3 is 4.42 Å². The molecule has 0 aliphatic rings. The maximum Gasteiger partial charge on any atom is 0.253 e. The molecule has 0 aliphatic carbocycles. The van der Waals surface area contributed by atoms with Crippen LogP contribution in [0.4, 0.5) is 0 Å². The van der Waals surface area contributed by atoms with Gasteiger partial charge in [-0.3, -0.25) is 0 Å². The van der Waals surface area contributed by atoms with E-state index in [4.69, 9.17) is 4.42 Å². The molecule has 0 amide bonds. The Kier molecular flexibility index (Phi) is 2.57. The van der Waals surface area contributed by atoms with Crippen molar-refractivity contribution in [1.29, 1.82) is 0 Å². The molecule has 5 heteroatoms. The molecule has 3 aromatic heterocycles. The molecule has 21 heavy (non-hydrogen) atoms. The highest BCUT2D eigenvalue weighted by atomic mass is 16.3. The summed E-state index contributed by atoms with van der Waals surface area (Å²) in [5.41, 5.74) is 2.74. The average Bonchev–Trinajstić information content (AvgIpc) is 3.15. The van der Waals surface area contributed by atoms with Crippen molar-refractivity contribution < 1.29 is 4.42 Å². The van der Waals surface area contributed by atoms with Gasteiger partial charge in [-0.1, -0.05) is 30.3 Å². The molecule has 0 aliphatic heterocycles. The van der Waals surface area contributed by atoms with Crippen molar-refractivity contribution in [3.8, 4) is 22.7 Å². The first kappa shape index (κ1) is 11.8. The van der Waals surface area contributed by atoms with Gasteiger partial charge >= 0.3 is 0 Å². The highest BCUT2D eigenvalue weighted by molar-refractivity contribution is 5.68. The SMILES string of the molecule is Cc1nc2nc(-c3ccco3)cc(-c3ccccc3)n2n1. The van der Waals surface area contributed by atoms with E-state index in [9.17, 15) is 0 Å². The fraction of sp³-hybridized carbons (Fsp3) is 0.0625. The molecule has 0 saturated carbocycles. The van der Waals surface area contributed by atoms with Crippen molar-refractivity contribution in [3.05, 3.63) is 60.6 Å². The second-order valence-corrected chi connectivity index (χ2v) is 4.74. The Morgan fingerprint density at radius 1 is 1.00 bits per heavy atom. The molecule has 0 fully saturated rings. The smallest absolute Gasteiger partial charge is 0.253 e. The summed E-state index contributed by atoms with van der Waals surface area (Å²) in [7, 11) is 0. The van der Waals surface area contributed by atoms with E-state index in [-0.39, 0.29) is 0 Å². The number of nitrogens with zero attached hydrogens (tertiary/aromatic N) is 4. The lowest BCUT2D eigenvalue weighted by atomic mass is 10.1. The Morgan fingerprint density at radius 3 is 2.62 bits per heavy atom. The van der Waals surface area contributed by atoms with Gasteiger partial charge in [0.05, 0.1) is 12.0 Å². The molecule has 0 saturated heterocycles. The topological polar surface area (TPSA) is 56.2 Å². The van der Waals surface area contributed by atoms with Gasteiger partial charge in [0.1, 0.15) is 11.5 Å². The quantitative estimate of drug-likeness (QED) is 0.563. The first-order chi connectivity index (χ1) is 10.3. The van der Waals surface area contributed by atoms with Gasteiger partial charge in [0.25, 0.3) is 5.78 Å². The number of rotatable bonds is 2. The lowest BCUT2D eigenvalue weighted by Gasteiger charge is -2.06. The highest BCUT2D eigenvalue weighted by Gasteiger charge is 2.13. The van der Waals surface area contributed by atoms with Gasteiger partial charge in [-0.15, -0.1) is 5.10 Å². The molecule has 4 aromatic rings. The molecule has 3 heterocycles. The number of benzene rings is 1. The number of aryl methyl sites for hydroxylation is 1. The zero-order valence-corrected chi connectivity index (χ0v) is 11.4. The largest absolute Gasteiger partial charge is 0.463 e. The van der Waals surface area contributed by atoms with Crippen LogP contribution in [-0.2, 0) is 0 Å². The molecular formula is C16H12N4O. The molecule has 0 N–H and O–H groups in total. The van der Waals surface area contributed by atoms with Gasteiger partial charge in [-0.25, -0.2) is 4.98 Å². The zero-order valence-electron chi connectivity index (χ0n) is 11.4. The predicted octanol–water partition coefficient (Wildman–Crippen LogP) is 3.36. The third-order valence-corrected chi connectivity index (χ3v) is 3.26. The van der Waals surface area contributed by atoms with Crippen molar-refractivity contribution in [3.63, 3.8) is 0 Å². The number of hydrogen-bond acceptors (Lipinski definition) is 4.